The van der Waals surface area contributed by atoms with Gasteiger partial charge in [0.2, 0.25) is 11.7 Å². The zero-order chi connectivity index (χ0) is 30.1. The SMILES string of the molecule is CCCc1c(Cc2ccc(-c3ccccc3)c(C3=NNC(=O)C3)c2)c(=O)n(-c2ccc(OC(C)C)cc2)c2nc(C)nn12. The molecule has 0 spiro atoms. The minimum atomic E-state index is -0.135. The van der Waals surface area contributed by atoms with Crippen molar-refractivity contribution in [3.05, 3.63) is 111 Å². The average molecular weight is 575 g/mol. The molecule has 0 radical (unpaired) electrons. The van der Waals surface area contributed by atoms with Crippen molar-refractivity contribution in [2.24, 2.45) is 5.10 Å². The van der Waals surface area contributed by atoms with Crippen LogP contribution in [0.3, 0.4) is 0 Å². The van der Waals surface area contributed by atoms with Crippen LogP contribution in [0, 0.1) is 6.92 Å². The van der Waals surface area contributed by atoms with Gasteiger partial charge in [0.15, 0.2) is 0 Å². The first-order valence-corrected chi connectivity index (χ1v) is 14.6. The number of nitrogens with one attached hydrogen (secondary N) is 1. The lowest BCUT2D eigenvalue weighted by Crippen LogP contribution is -2.28. The third-order valence-electron chi connectivity index (χ3n) is 7.42. The normalized spacial score (nSPS) is 13.0. The lowest BCUT2D eigenvalue weighted by Gasteiger charge is -2.17. The number of rotatable bonds is 9. The number of nitrogens with zero attached hydrogens (tertiary/aromatic N) is 5. The zero-order valence-electron chi connectivity index (χ0n) is 24.8. The summed E-state index contributed by atoms with van der Waals surface area (Å²) in [7, 11) is 0. The number of aromatic nitrogens is 4. The van der Waals surface area contributed by atoms with Crippen LogP contribution >= 0.6 is 0 Å². The van der Waals surface area contributed by atoms with E-state index in [-0.39, 0.29) is 24.0 Å². The molecule has 2 aromatic heterocycles. The second kappa shape index (κ2) is 11.7. The summed E-state index contributed by atoms with van der Waals surface area (Å²) in [6, 6.07) is 23.7. The maximum atomic E-state index is 14.4. The van der Waals surface area contributed by atoms with Gasteiger partial charge >= 0.3 is 0 Å². The minimum absolute atomic E-state index is 0.0432. The lowest BCUT2D eigenvalue weighted by molar-refractivity contribution is -0.119. The van der Waals surface area contributed by atoms with Gasteiger partial charge in [-0.3, -0.25) is 9.59 Å². The van der Waals surface area contributed by atoms with Crippen molar-refractivity contribution in [2.45, 2.75) is 59.5 Å². The van der Waals surface area contributed by atoms with Crippen LogP contribution in [0.15, 0.2) is 82.7 Å². The van der Waals surface area contributed by atoms with Gasteiger partial charge in [-0.25, -0.2) is 14.5 Å². The number of benzene rings is 3. The van der Waals surface area contributed by atoms with Crippen molar-refractivity contribution in [3.63, 3.8) is 0 Å². The molecule has 0 atom stereocenters. The summed E-state index contributed by atoms with van der Waals surface area (Å²) >= 11 is 0. The average Bonchev–Trinajstić information content (AvgIpc) is 3.61. The number of hydrogen-bond donors (Lipinski definition) is 1. The molecule has 9 heteroatoms. The van der Waals surface area contributed by atoms with Crippen molar-refractivity contribution in [1.82, 2.24) is 24.6 Å². The van der Waals surface area contributed by atoms with Crippen LogP contribution in [0.1, 0.15) is 61.8 Å². The molecule has 1 N–H and O–H groups in total. The number of aryl methyl sites for hydroxylation is 2. The van der Waals surface area contributed by atoms with E-state index in [1.54, 1.807) is 4.57 Å². The van der Waals surface area contributed by atoms with Crippen molar-refractivity contribution in [3.8, 4) is 22.6 Å². The van der Waals surface area contributed by atoms with E-state index in [1.807, 2.05) is 86.0 Å². The van der Waals surface area contributed by atoms with E-state index in [2.05, 4.69) is 34.6 Å². The quantitative estimate of drug-likeness (QED) is 0.254. The highest BCUT2D eigenvalue weighted by Crippen LogP contribution is 2.29. The van der Waals surface area contributed by atoms with E-state index in [0.717, 1.165) is 40.1 Å². The Bertz CT molecular complexity index is 1900. The molecule has 0 aliphatic carbocycles. The molecule has 218 valence electrons. The fourth-order valence-electron chi connectivity index (χ4n) is 5.59. The van der Waals surface area contributed by atoms with E-state index in [0.29, 0.717) is 41.4 Å². The third-order valence-corrected chi connectivity index (χ3v) is 7.42. The second-order valence-electron chi connectivity index (χ2n) is 11.0. The fraction of sp³-hybridized carbons (Fsp3) is 0.265. The number of carbonyl (C=O) groups excluding carboxylic acids is 1. The summed E-state index contributed by atoms with van der Waals surface area (Å²) in [4.78, 5) is 31.2. The Morgan fingerprint density at radius 3 is 2.42 bits per heavy atom. The van der Waals surface area contributed by atoms with Crippen molar-refractivity contribution < 1.29 is 9.53 Å². The van der Waals surface area contributed by atoms with E-state index in [4.69, 9.17) is 9.84 Å². The first kappa shape index (κ1) is 28.1. The predicted molar refractivity (Wildman–Crippen MR) is 167 cm³/mol. The molecule has 9 nitrogen and oxygen atoms in total. The van der Waals surface area contributed by atoms with Gasteiger partial charge in [-0.15, -0.1) is 0 Å². The molecule has 5 aromatic rings. The van der Waals surface area contributed by atoms with Crippen molar-refractivity contribution in [2.75, 3.05) is 0 Å². The Balaban J connectivity index is 1.50. The summed E-state index contributed by atoms with van der Waals surface area (Å²) < 4.78 is 9.28. The molecule has 43 heavy (non-hydrogen) atoms. The van der Waals surface area contributed by atoms with Crippen LogP contribution < -0.4 is 15.7 Å². The van der Waals surface area contributed by atoms with Gasteiger partial charge in [-0.05, 0) is 74.2 Å². The van der Waals surface area contributed by atoms with Crippen LogP contribution in [-0.4, -0.2) is 36.9 Å². The fourth-order valence-corrected chi connectivity index (χ4v) is 5.59. The highest BCUT2D eigenvalue weighted by Gasteiger charge is 2.23. The molecule has 1 aliphatic rings. The standard InChI is InChI=1S/C34H34N6O3/c1-5-9-31-29(19-23-12-17-27(24-10-7-6-8-11-24)28(18-23)30-20-32(41)37-36-30)33(42)39(34-35-22(4)38-40(31)34)25-13-15-26(16-14-25)43-21(2)3/h6-8,10-18,21H,5,9,19-20H2,1-4H3,(H,37,41). The summed E-state index contributed by atoms with van der Waals surface area (Å²) in [5, 5.41) is 9.04. The molecular weight excluding hydrogens is 540 g/mol. The topological polar surface area (TPSA) is 103 Å². The first-order chi connectivity index (χ1) is 20.8. The molecule has 0 saturated carbocycles. The smallest absolute Gasteiger partial charge is 0.263 e. The predicted octanol–water partition coefficient (Wildman–Crippen LogP) is 5.41. The number of fused-ring (bicyclic) bond motifs is 1. The van der Waals surface area contributed by atoms with E-state index >= 15 is 0 Å². The maximum absolute atomic E-state index is 14.4. The number of hydrazone groups is 1. The van der Waals surface area contributed by atoms with Gasteiger partial charge in [0.1, 0.15) is 11.6 Å². The highest BCUT2D eigenvalue weighted by atomic mass is 16.5. The van der Waals surface area contributed by atoms with E-state index in [9.17, 15) is 9.59 Å². The molecule has 0 fully saturated rings. The Kier molecular flexibility index (Phi) is 7.63. The molecule has 6 rings (SSSR count). The molecule has 1 amide bonds. The van der Waals surface area contributed by atoms with Crippen LogP contribution in [0.25, 0.3) is 22.6 Å². The molecule has 1 aliphatic heterocycles. The first-order valence-electron chi connectivity index (χ1n) is 14.6. The monoisotopic (exact) mass is 574 g/mol. The summed E-state index contributed by atoms with van der Waals surface area (Å²) in [6.45, 7) is 7.88. The third kappa shape index (κ3) is 5.58. The molecule has 3 aromatic carbocycles. The molecule has 0 saturated heterocycles. The van der Waals surface area contributed by atoms with Gasteiger partial charge in [0, 0.05) is 17.5 Å². The number of carbonyl (C=O) groups is 1. The summed E-state index contributed by atoms with van der Waals surface area (Å²) in [5.41, 5.74) is 9.15. The van der Waals surface area contributed by atoms with Crippen LogP contribution in [-0.2, 0) is 17.6 Å². The van der Waals surface area contributed by atoms with Crippen LogP contribution in [0.4, 0.5) is 0 Å². The Morgan fingerprint density at radius 2 is 1.74 bits per heavy atom. The molecule has 0 bridgehead atoms. The maximum Gasteiger partial charge on any atom is 0.263 e. The van der Waals surface area contributed by atoms with Crippen LogP contribution in [0.5, 0.6) is 5.75 Å². The highest BCUT2D eigenvalue weighted by molar-refractivity contribution is 6.16. The molecule has 0 unspecified atom stereocenters. The number of amides is 1. The van der Waals surface area contributed by atoms with Gasteiger partial charge in [-0.2, -0.15) is 15.2 Å². The molecule has 3 heterocycles. The number of ether oxygens (including phenoxy) is 1. The van der Waals surface area contributed by atoms with E-state index in [1.165, 1.54) is 0 Å². The lowest BCUT2D eigenvalue weighted by atomic mass is 9.91. The molecular formula is C34H34N6O3. The number of hydrogen-bond acceptors (Lipinski definition) is 6. The van der Waals surface area contributed by atoms with Crippen molar-refractivity contribution >= 4 is 17.4 Å². The minimum Gasteiger partial charge on any atom is -0.491 e. The van der Waals surface area contributed by atoms with Gasteiger partial charge in [-0.1, -0.05) is 55.8 Å². The summed E-state index contributed by atoms with van der Waals surface area (Å²) in [6.07, 6.45) is 2.15. The Hall–Kier alpha value is -5.05. The Labute approximate surface area is 249 Å². The van der Waals surface area contributed by atoms with Crippen molar-refractivity contribution in [1.29, 1.82) is 0 Å². The largest absolute Gasteiger partial charge is 0.491 e. The van der Waals surface area contributed by atoms with E-state index < -0.39 is 0 Å². The van der Waals surface area contributed by atoms with Gasteiger partial charge in [0.25, 0.3) is 5.56 Å². The zero-order valence-corrected chi connectivity index (χ0v) is 24.8. The second-order valence-corrected chi connectivity index (χ2v) is 11.0. The Morgan fingerprint density at radius 1 is 0.977 bits per heavy atom. The van der Waals surface area contributed by atoms with Crippen LogP contribution in [0.2, 0.25) is 0 Å². The van der Waals surface area contributed by atoms with Gasteiger partial charge < -0.3 is 4.74 Å². The summed E-state index contributed by atoms with van der Waals surface area (Å²) in [5.74, 6) is 1.67. The van der Waals surface area contributed by atoms with Gasteiger partial charge in [0.05, 0.1) is 29.6 Å².